The number of phenolic OH excluding ortho intramolecular Hbond substituents is 6. The summed E-state index contributed by atoms with van der Waals surface area (Å²) in [7, 11) is 1.47. The molecule has 88 heavy (non-hydrogen) atoms. The van der Waals surface area contributed by atoms with Crippen molar-refractivity contribution in [2.24, 2.45) is 0 Å². The first-order valence-corrected chi connectivity index (χ1v) is 27.8. The number of amides is 5. The molecule has 7 aromatic carbocycles. The van der Waals surface area contributed by atoms with Crippen molar-refractivity contribution in [1.82, 2.24) is 37.2 Å². The van der Waals surface area contributed by atoms with Gasteiger partial charge in [-0.05, 0) is 108 Å². The molecule has 0 aromatic heterocycles. The zero-order valence-electron chi connectivity index (χ0n) is 44.9. The SMILES string of the molecule is CNC1C(=O)NC2CNC(C(=O)NC3C(=O)NC4C(=O)NC(C(=O)NC(C(=O)O)c5cc(O)cc(O)c5-c5cc4ccc5O)C(O)c4cc(Cl)c(c(Cl)c4)Oc4cc3cc(c4O)Oc3ccc(cc3Cl)C2O)c2cc(cc(O)c2Cl)Oc2cc1ccc2O. The molecule has 6 heterocycles. The lowest BCUT2D eigenvalue weighted by Crippen LogP contribution is -2.55. The largest absolute Gasteiger partial charge is 0.508 e. The predicted molar refractivity (Wildman–Crippen MR) is 311 cm³/mol. The number of aliphatic hydroxyl groups excluding tert-OH is 2. The fraction of sp³-hybridized carbons (Fsp3) is 0.186. The van der Waals surface area contributed by atoms with Crippen LogP contribution in [0.3, 0.4) is 0 Å². The fourth-order valence-corrected chi connectivity index (χ4v) is 11.7. The Balaban J connectivity index is 1.16. The number of carboxylic acid groups (broad SMARTS) is 1. The molecule has 13 rings (SSSR count). The van der Waals surface area contributed by atoms with E-state index in [9.17, 15) is 60.3 Å². The summed E-state index contributed by atoms with van der Waals surface area (Å²) in [6.45, 7) is -0.545. The monoisotopic (exact) mass is 1280 g/mol. The van der Waals surface area contributed by atoms with E-state index >= 15 is 14.4 Å². The Kier molecular flexibility index (Phi) is 16.2. The van der Waals surface area contributed by atoms with Crippen LogP contribution < -0.4 is 51.4 Å². The van der Waals surface area contributed by atoms with Gasteiger partial charge in [-0.3, -0.25) is 29.3 Å². The van der Waals surface area contributed by atoms with Crippen molar-refractivity contribution < 1.29 is 88.9 Å². The second kappa shape index (κ2) is 23.7. The molecule has 7 aromatic rings. The normalized spacial score (nSPS) is 22.6. The lowest BCUT2D eigenvalue weighted by molar-refractivity contribution is -0.143. The lowest BCUT2D eigenvalue weighted by Gasteiger charge is -2.32. The second-order valence-electron chi connectivity index (χ2n) is 20.7. The molecule has 9 atom stereocenters. The van der Waals surface area contributed by atoms with Crippen LogP contribution in [0.15, 0.2) is 103 Å². The van der Waals surface area contributed by atoms with Gasteiger partial charge in [-0.15, -0.1) is 0 Å². The minimum atomic E-state index is -2.25. The molecule has 5 amide bonds. The van der Waals surface area contributed by atoms with Crippen molar-refractivity contribution in [2.45, 2.75) is 54.5 Å². The Morgan fingerprint density at radius 2 is 1.15 bits per heavy atom. The Hall–Kier alpha value is -9.44. The van der Waals surface area contributed by atoms with Crippen LogP contribution in [0.4, 0.5) is 0 Å². The number of carbonyl (C=O) groups excluding carboxylic acids is 5. The number of hydrogen-bond donors (Lipinski definition) is 16. The van der Waals surface area contributed by atoms with Crippen molar-refractivity contribution in [3.05, 3.63) is 162 Å². The van der Waals surface area contributed by atoms with E-state index in [-0.39, 0.29) is 55.7 Å². The van der Waals surface area contributed by atoms with Crippen molar-refractivity contribution in [3.63, 3.8) is 0 Å². The Bertz CT molecular complexity index is 4100. The molecule has 0 radical (unpaired) electrons. The number of hydrogen-bond acceptors (Lipinski definition) is 19. The van der Waals surface area contributed by atoms with E-state index in [2.05, 4.69) is 37.2 Å². The molecule has 454 valence electrons. The molecule has 29 heteroatoms. The molecule has 6 aliphatic rings. The zero-order valence-corrected chi connectivity index (χ0v) is 48.0. The minimum Gasteiger partial charge on any atom is -0.508 e. The summed E-state index contributed by atoms with van der Waals surface area (Å²) in [6.07, 6.45) is -3.90. The number of carbonyl (C=O) groups is 6. The predicted octanol–water partition coefficient (Wildman–Crippen LogP) is 6.52. The molecule has 0 saturated carbocycles. The molecule has 16 N–H and O–H groups in total. The molecule has 0 saturated heterocycles. The van der Waals surface area contributed by atoms with Crippen LogP contribution >= 0.6 is 46.4 Å². The number of aliphatic hydroxyl groups is 2. The van der Waals surface area contributed by atoms with Crippen LogP contribution in [0.25, 0.3) is 11.1 Å². The van der Waals surface area contributed by atoms with Gasteiger partial charge >= 0.3 is 5.97 Å². The van der Waals surface area contributed by atoms with Crippen molar-refractivity contribution in [3.8, 4) is 80.1 Å². The topological polar surface area (TPSA) is 396 Å². The first-order valence-electron chi connectivity index (χ1n) is 26.3. The summed E-state index contributed by atoms with van der Waals surface area (Å²) in [5.74, 6) is -14.3. The minimum absolute atomic E-state index is 0.0793. The number of carboxylic acids is 1. The fourth-order valence-electron chi connectivity index (χ4n) is 10.7. The summed E-state index contributed by atoms with van der Waals surface area (Å²) >= 11 is 27.4. The van der Waals surface area contributed by atoms with Crippen LogP contribution in [0.5, 0.6) is 69.0 Å². The second-order valence-corrected chi connectivity index (χ2v) is 22.3. The van der Waals surface area contributed by atoms with Gasteiger partial charge in [0.15, 0.2) is 34.8 Å². The van der Waals surface area contributed by atoms with E-state index in [1.165, 1.54) is 49.5 Å². The number of aliphatic carboxylic acids is 1. The van der Waals surface area contributed by atoms with Gasteiger partial charge in [0.05, 0.1) is 26.1 Å². The van der Waals surface area contributed by atoms with Gasteiger partial charge in [-0.2, -0.15) is 0 Å². The number of phenols is 6. The van der Waals surface area contributed by atoms with Gasteiger partial charge in [0, 0.05) is 40.9 Å². The maximum absolute atomic E-state index is 15.8. The highest BCUT2D eigenvalue weighted by molar-refractivity contribution is 6.37. The number of nitrogens with one attached hydrogen (secondary N) is 7. The van der Waals surface area contributed by atoms with Gasteiger partial charge in [0.1, 0.15) is 76.9 Å². The quantitative estimate of drug-likeness (QED) is 0.0876. The van der Waals surface area contributed by atoms with Gasteiger partial charge in [-0.25, -0.2) is 4.79 Å². The number of ether oxygens (including phenoxy) is 3. The molecule has 6 aliphatic heterocycles. The molecular weight excluding hydrogens is 1240 g/mol. The van der Waals surface area contributed by atoms with Crippen LogP contribution in [-0.4, -0.2) is 107 Å². The van der Waals surface area contributed by atoms with E-state index in [1.54, 1.807) is 0 Å². The van der Waals surface area contributed by atoms with Crippen LogP contribution in [0, 0.1) is 0 Å². The molecule has 0 spiro atoms. The average molecular weight is 1280 g/mol. The van der Waals surface area contributed by atoms with E-state index in [0.717, 1.165) is 60.7 Å². The standard InChI is InChI=1S/C59H47Cl4N7O18/c1-64-44-21-3-6-35(73)39(12-21)86-26-17-29(43(63)37(75)18-26)47-57(82)68-46-23-13-40(87-38-7-4-22(9-30(38)60)50(76)33(19-65-47)66-54(44)79)52(78)41(14-23)88-53-31(61)10-24(11-32(53)62)51(77)49-58(83)69-48(59(84)85)28-15-25(71)16-36(74)42(28)27-8-20(2-5-34(27)72)45(55(80)70-49)67-56(46)81/h2-18,33,44-51,64-65,71-78H,19H2,1H3,(H,66,79)(H,67,81)(H,68,82)(H,69,83)(H,70,80)(H,84,85). The highest BCUT2D eigenvalue weighted by atomic mass is 35.5. The molecule has 0 aliphatic carbocycles. The summed E-state index contributed by atoms with van der Waals surface area (Å²) in [5, 5.41) is 120. The summed E-state index contributed by atoms with van der Waals surface area (Å²) < 4.78 is 18.5. The van der Waals surface area contributed by atoms with E-state index in [4.69, 9.17) is 60.6 Å². The van der Waals surface area contributed by atoms with Crippen LogP contribution in [-0.2, 0) is 28.8 Å². The maximum atomic E-state index is 15.8. The molecular formula is C59H47Cl4N7O18. The summed E-state index contributed by atoms with van der Waals surface area (Å²) in [4.78, 5) is 88.9. The van der Waals surface area contributed by atoms with Crippen molar-refractivity contribution in [1.29, 1.82) is 0 Å². The molecule has 0 fully saturated rings. The molecule has 17 bridgehead atoms. The van der Waals surface area contributed by atoms with Gasteiger partial charge in [0.25, 0.3) is 0 Å². The third-order valence-corrected chi connectivity index (χ3v) is 16.3. The third kappa shape index (κ3) is 11.3. The van der Waals surface area contributed by atoms with E-state index in [0.29, 0.717) is 0 Å². The summed E-state index contributed by atoms with van der Waals surface area (Å²) in [6, 6.07) is 6.06. The van der Waals surface area contributed by atoms with Crippen LogP contribution in [0.2, 0.25) is 20.1 Å². The highest BCUT2D eigenvalue weighted by Gasteiger charge is 2.42. The van der Waals surface area contributed by atoms with Crippen LogP contribution in [0.1, 0.15) is 81.4 Å². The first-order chi connectivity index (χ1) is 41.9. The number of likely N-dealkylation sites (N-methyl/N-ethyl adjacent to an activating group) is 1. The third-order valence-electron chi connectivity index (χ3n) is 15.1. The number of rotatable bonds is 2. The molecule has 25 nitrogen and oxygen atoms in total. The lowest BCUT2D eigenvalue weighted by atomic mass is 9.89. The summed E-state index contributed by atoms with van der Waals surface area (Å²) in [5.41, 5.74) is -2.33. The van der Waals surface area contributed by atoms with E-state index < -0.39 is 180 Å². The average Bonchev–Trinajstić information content (AvgIpc) is 1.23. The number of benzene rings is 7. The molecule has 9 unspecified atom stereocenters. The Morgan fingerprint density at radius 3 is 1.84 bits per heavy atom. The number of fused-ring (bicyclic) bond motifs is 14. The zero-order chi connectivity index (χ0) is 62.9. The Labute approximate surface area is 515 Å². The number of halogens is 4. The van der Waals surface area contributed by atoms with Crippen molar-refractivity contribution >= 4 is 81.9 Å². The maximum Gasteiger partial charge on any atom is 0.330 e. The Morgan fingerprint density at radius 1 is 0.523 bits per heavy atom. The van der Waals surface area contributed by atoms with Gasteiger partial charge in [-0.1, -0.05) is 64.6 Å². The van der Waals surface area contributed by atoms with Crippen molar-refractivity contribution in [2.75, 3.05) is 13.6 Å². The highest BCUT2D eigenvalue weighted by Crippen LogP contribution is 2.50. The van der Waals surface area contributed by atoms with E-state index in [1.807, 2.05) is 0 Å². The smallest absolute Gasteiger partial charge is 0.330 e. The van der Waals surface area contributed by atoms with Gasteiger partial charge < -0.3 is 92.1 Å². The van der Waals surface area contributed by atoms with Gasteiger partial charge in [0.2, 0.25) is 35.3 Å². The number of aromatic hydroxyl groups is 6. The first kappa shape index (κ1) is 60.3.